The average Bonchev–Trinajstić information content (AvgIpc) is 2.53. The molecule has 1 aromatic heterocycles. The third kappa shape index (κ3) is 3.44. The summed E-state index contributed by atoms with van der Waals surface area (Å²) in [6.45, 7) is 2.07. The molecule has 110 valence electrons. The number of anilines is 1. The zero-order valence-corrected chi connectivity index (χ0v) is 12.6. The van der Waals surface area contributed by atoms with Crippen LogP contribution < -0.4 is 10.6 Å². The average molecular weight is 305 g/mol. The van der Waals surface area contributed by atoms with E-state index in [9.17, 15) is 0 Å². The lowest BCUT2D eigenvalue weighted by Crippen LogP contribution is -2.24. The van der Waals surface area contributed by atoms with Crippen molar-refractivity contribution in [3.05, 3.63) is 58.7 Å². The molecule has 3 N–H and O–H groups in total. The van der Waals surface area contributed by atoms with Gasteiger partial charge in [-0.2, -0.15) is 0 Å². The van der Waals surface area contributed by atoms with Crippen LogP contribution >= 0.6 is 11.6 Å². The smallest absolute Gasteiger partial charge is 0.188 e. The van der Waals surface area contributed by atoms with E-state index in [1.54, 1.807) is 6.07 Å². The summed E-state index contributed by atoms with van der Waals surface area (Å²) in [6.07, 6.45) is 0. The first kappa shape index (κ1) is 15.1. The van der Waals surface area contributed by atoms with Crippen molar-refractivity contribution in [2.24, 2.45) is 10.9 Å². The van der Waals surface area contributed by atoms with Crippen LogP contribution in [-0.2, 0) is 0 Å². The minimum Gasteiger partial charge on any atom is -0.409 e. The maximum absolute atomic E-state index is 8.73. The Hall–Kier alpha value is -2.27. The molecule has 1 heterocycles. The topological polar surface area (TPSA) is 74.7 Å². The fraction of sp³-hybridized carbons (Fsp3) is 0.200. The van der Waals surface area contributed by atoms with Crippen LogP contribution in [-0.4, -0.2) is 23.1 Å². The molecule has 1 atom stereocenters. The lowest BCUT2D eigenvalue weighted by molar-refractivity contribution is 0.318. The maximum atomic E-state index is 8.73. The second-order valence-electron chi connectivity index (χ2n) is 4.70. The van der Waals surface area contributed by atoms with Crippen LogP contribution in [0, 0.1) is 0 Å². The molecular weight excluding hydrogens is 288 g/mol. The largest absolute Gasteiger partial charge is 0.409 e. The van der Waals surface area contributed by atoms with Gasteiger partial charge in [-0.1, -0.05) is 35.0 Å². The van der Waals surface area contributed by atoms with Gasteiger partial charge in [0.15, 0.2) is 5.84 Å². The lowest BCUT2D eigenvalue weighted by Gasteiger charge is -2.26. The van der Waals surface area contributed by atoms with Crippen LogP contribution in [0.4, 0.5) is 5.82 Å². The summed E-state index contributed by atoms with van der Waals surface area (Å²) in [5.74, 6) is 0.728. The highest BCUT2D eigenvalue weighted by Crippen LogP contribution is 2.24. The van der Waals surface area contributed by atoms with Gasteiger partial charge < -0.3 is 15.8 Å². The number of halogens is 1. The molecule has 0 radical (unpaired) electrons. The highest BCUT2D eigenvalue weighted by Gasteiger charge is 2.14. The van der Waals surface area contributed by atoms with E-state index in [2.05, 4.69) is 17.1 Å². The Bertz CT molecular complexity index is 642. The predicted molar refractivity (Wildman–Crippen MR) is 85.0 cm³/mol. The number of amidine groups is 1. The maximum Gasteiger partial charge on any atom is 0.188 e. The molecule has 2 aromatic rings. The molecule has 0 saturated heterocycles. The normalized spacial score (nSPS) is 13.0. The van der Waals surface area contributed by atoms with Crippen LogP contribution in [0.5, 0.6) is 0 Å². The Labute approximate surface area is 128 Å². The summed E-state index contributed by atoms with van der Waals surface area (Å²) in [5, 5.41) is 12.4. The zero-order chi connectivity index (χ0) is 15.4. The van der Waals surface area contributed by atoms with Crippen molar-refractivity contribution in [2.75, 3.05) is 11.9 Å². The first-order valence-corrected chi connectivity index (χ1v) is 6.84. The molecule has 0 aliphatic rings. The number of hydrogen-bond donors (Lipinski definition) is 2. The molecule has 5 nitrogen and oxygen atoms in total. The van der Waals surface area contributed by atoms with E-state index in [1.165, 1.54) is 0 Å². The molecular formula is C15H17ClN4O. The van der Waals surface area contributed by atoms with Crippen LogP contribution in [0.25, 0.3) is 0 Å². The van der Waals surface area contributed by atoms with Crippen molar-refractivity contribution in [1.29, 1.82) is 0 Å². The number of benzene rings is 1. The van der Waals surface area contributed by atoms with Gasteiger partial charge in [0, 0.05) is 12.1 Å². The van der Waals surface area contributed by atoms with Gasteiger partial charge in [-0.15, -0.1) is 0 Å². The third-order valence-electron chi connectivity index (χ3n) is 3.40. The summed E-state index contributed by atoms with van der Waals surface area (Å²) in [6, 6.07) is 13.2. The van der Waals surface area contributed by atoms with Crippen LogP contribution in [0.15, 0.2) is 47.6 Å². The molecule has 0 bridgehead atoms. The van der Waals surface area contributed by atoms with Gasteiger partial charge in [0.1, 0.15) is 11.5 Å². The van der Waals surface area contributed by atoms with Gasteiger partial charge in [-0.25, -0.2) is 4.98 Å². The minimum absolute atomic E-state index is 0.00982. The van der Waals surface area contributed by atoms with Crippen molar-refractivity contribution in [1.82, 2.24) is 4.98 Å². The summed E-state index contributed by atoms with van der Waals surface area (Å²) in [4.78, 5) is 6.40. The Kier molecular flexibility index (Phi) is 4.65. The number of hydrogen-bond acceptors (Lipinski definition) is 4. The second-order valence-corrected chi connectivity index (χ2v) is 5.14. The standard InChI is InChI=1S/C15H17ClN4O/c1-10(11-6-8-12(16)9-7-11)20(2)14-5-3-4-13(18-14)15(17)19-21/h3-10,21H,1-2H3,(H2,17,19). The Morgan fingerprint density at radius 1 is 1.29 bits per heavy atom. The fourth-order valence-corrected chi connectivity index (χ4v) is 2.10. The highest BCUT2D eigenvalue weighted by molar-refractivity contribution is 6.30. The molecule has 1 aromatic carbocycles. The SMILES string of the molecule is CC(c1ccc(Cl)cc1)N(C)c1cccc(C(N)=NO)n1. The van der Waals surface area contributed by atoms with Gasteiger partial charge in [0.25, 0.3) is 0 Å². The van der Waals surface area contributed by atoms with Gasteiger partial charge in [-0.3, -0.25) is 0 Å². The van der Waals surface area contributed by atoms with Crippen LogP contribution in [0.2, 0.25) is 5.02 Å². The van der Waals surface area contributed by atoms with E-state index in [0.29, 0.717) is 10.7 Å². The number of rotatable bonds is 4. The Morgan fingerprint density at radius 2 is 1.95 bits per heavy atom. The minimum atomic E-state index is -0.00982. The Morgan fingerprint density at radius 3 is 2.57 bits per heavy atom. The van der Waals surface area contributed by atoms with Crippen molar-refractivity contribution in [3.63, 3.8) is 0 Å². The van der Waals surface area contributed by atoms with E-state index in [-0.39, 0.29) is 11.9 Å². The molecule has 0 saturated carbocycles. The van der Waals surface area contributed by atoms with Crippen molar-refractivity contribution >= 4 is 23.3 Å². The first-order valence-electron chi connectivity index (χ1n) is 6.46. The van der Waals surface area contributed by atoms with Gasteiger partial charge in [0.05, 0.1) is 6.04 Å². The second kappa shape index (κ2) is 6.45. The van der Waals surface area contributed by atoms with Crippen molar-refractivity contribution < 1.29 is 5.21 Å². The van der Waals surface area contributed by atoms with Gasteiger partial charge in [-0.05, 0) is 36.8 Å². The van der Waals surface area contributed by atoms with Crippen molar-refractivity contribution in [3.8, 4) is 0 Å². The molecule has 0 aliphatic heterocycles. The summed E-state index contributed by atoms with van der Waals surface area (Å²) in [7, 11) is 1.94. The number of oxime groups is 1. The van der Waals surface area contributed by atoms with Crippen LogP contribution in [0.1, 0.15) is 24.2 Å². The fourth-order valence-electron chi connectivity index (χ4n) is 1.98. The van der Waals surface area contributed by atoms with Gasteiger partial charge in [0.2, 0.25) is 0 Å². The molecule has 21 heavy (non-hydrogen) atoms. The predicted octanol–water partition coefficient (Wildman–Crippen LogP) is 3.03. The molecule has 0 amide bonds. The highest BCUT2D eigenvalue weighted by atomic mass is 35.5. The molecule has 0 aliphatic carbocycles. The quantitative estimate of drug-likeness (QED) is 0.394. The molecule has 2 rings (SSSR count). The van der Waals surface area contributed by atoms with Crippen molar-refractivity contribution in [2.45, 2.75) is 13.0 Å². The van der Waals surface area contributed by atoms with Gasteiger partial charge >= 0.3 is 0 Å². The number of aromatic nitrogens is 1. The summed E-state index contributed by atoms with van der Waals surface area (Å²) in [5.41, 5.74) is 7.13. The number of nitrogens with zero attached hydrogens (tertiary/aromatic N) is 3. The third-order valence-corrected chi connectivity index (χ3v) is 3.65. The van der Waals surface area contributed by atoms with E-state index in [0.717, 1.165) is 11.4 Å². The molecule has 1 unspecified atom stereocenters. The Balaban J connectivity index is 2.27. The molecule has 0 spiro atoms. The van der Waals surface area contributed by atoms with E-state index >= 15 is 0 Å². The van der Waals surface area contributed by atoms with Crippen LogP contribution in [0.3, 0.4) is 0 Å². The number of pyridine rings is 1. The molecule has 6 heteroatoms. The number of nitrogens with two attached hydrogens (primary N) is 1. The zero-order valence-electron chi connectivity index (χ0n) is 11.9. The first-order chi connectivity index (χ1) is 10.0. The summed E-state index contributed by atoms with van der Waals surface area (Å²) >= 11 is 5.91. The lowest BCUT2D eigenvalue weighted by atomic mass is 10.1. The van der Waals surface area contributed by atoms with E-state index in [4.69, 9.17) is 22.5 Å². The van der Waals surface area contributed by atoms with E-state index in [1.807, 2.05) is 48.3 Å². The molecule has 0 fully saturated rings. The van der Waals surface area contributed by atoms with E-state index < -0.39 is 0 Å². The summed E-state index contributed by atoms with van der Waals surface area (Å²) < 4.78 is 0. The monoisotopic (exact) mass is 304 g/mol.